The molecule has 9 aromatic carbocycles. The molecule has 0 aliphatic carbocycles. The Bertz CT molecular complexity index is 2870. The van der Waals surface area contributed by atoms with Crippen LogP contribution in [0.5, 0.6) is 0 Å². The number of rotatable bonds is 5. The number of anilines is 3. The van der Waals surface area contributed by atoms with E-state index in [-0.39, 0.29) is 0 Å². The molecule has 0 radical (unpaired) electrons. The lowest BCUT2D eigenvalue weighted by molar-refractivity contribution is 0.672. The van der Waals surface area contributed by atoms with E-state index >= 15 is 0 Å². The zero-order chi connectivity index (χ0) is 33.0. The highest BCUT2D eigenvalue weighted by Crippen LogP contribution is 2.43. The van der Waals surface area contributed by atoms with Crippen LogP contribution in [0.25, 0.3) is 76.5 Å². The van der Waals surface area contributed by atoms with Crippen molar-refractivity contribution < 1.29 is 4.42 Å². The van der Waals surface area contributed by atoms with E-state index in [9.17, 15) is 0 Å². The van der Waals surface area contributed by atoms with Crippen molar-refractivity contribution in [2.75, 3.05) is 4.90 Å². The van der Waals surface area contributed by atoms with Gasteiger partial charge in [-0.3, -0.25) is 0 Å². The predicted octanol–water partition coefficient (Wildman–Crippen LogP) is 13.8. The Morgan fingerprint density at radius 2 is 0.940 bits per heavy atom. The van der Waals surface area contributed by atoms with Crippen LogP contribution >= 0.6 is 0 Å². The number of benzene rings is 9. The van der Waals surface area contributed by atoms with E-state index in [1.165, 1.54) is 49.2 Å². The molecular weight excluding hydrogens is 607 g/mol. The van der Waals surface area contributed by atoms with Crippen molar-refractivity contribution in [2.24, 2.45) is 0 Å². The smallest absolute Gasteiger partial charge is 0.143 e. The molecule has 0 atom stereocenters. The molecule has 2 nitrogen and oxygen atoms in total. The summed E-state index contributed by atoms with van der Waals surface area (Å²) >= 11 is 0. The average molecular weight is 638 g/mol. The Hall–Kier alpha value is -6.64. The molecule has 10 aromatic rings. The highest BCUT2D eigenvalue weighted by Gasteiger charge is 2.18. The van der Waals surface area contributed by atoms with Crippen LogP contribution in [-0.2, 0) is 0 Å². The van der Waals surface area contributed by atoms with Crippen LogP contribution in [0, 0.1) is 0 Å². The second kappa shape index (κ2) is 11.5. The maximum absolute atomic E-state index is 6.33. The van der Waals surface area contributed by atoms with Crippen LogP contribution in [0.2, 0.25) is 0 Å². The molecule has 0 saturated heterocycles. The van der Waals surface area contributed by atoms with Crippen molar-refractivity contribution in [3.8, 4) is 22.3 Å². The molecular formula is C48H31NO. The average Bonchev–Trinajstić information content (AvgIpc) is 3.58. The maximum Gasteiger partial charge on any atom is 0.143 e. The molecule has 0 unspecified atom stereocenters. The molecule has 1 heterocycles. The first-order chi connectivity index (χ1) is 24.8. The predicted molar refractivity (Wildman–Crippen MR) is 212 cm³/mol. The summed E-state index contributed by atoms with van der Waals surface area (Å²) in [5.74, 6) is 0. The van der Waals surface area contributed by atoms with E-state index in [0.717, 1.165) is 44.4 Å². The molecule has 50 heavy (non-hydrogen) atoms. The third-order valence-electron chi connectivity index (χ3n) is 10.0. The van der Waals surface area contributed by atoms with E-state index in [1.807, 2.05) is 12.1 Å². The minimum Gasteiger partial charge on any atom is -0.455 e. The van der Waals surface area contributed by atoms with Gasteiger partial charge in [-0.2, -0.15) is 0 Å². The van der Waals surface area contributed by atoms with E-state index < -0.39 is 0 Å². The van der Waals surface area contributed by atoms with Gasteiger partial charge in [0.25, 0.3) is 0 Å². The van der Waals surface area contributed by atoms with Crippen molar-refractivity contribution in [1.29, 1.82) is 0 Å². The lowest BCUT2D eigenvalue weighted by Crippen LogP contribution is -2.10. The molecule has 0 amide bonds. The molecule has 0 saturated carbocycles. The van der Waals surface area contributed by atoms with E-state index in [4.69, 9.17) is 4.42 Å². The lowest BCUT2D eigenvalue weighted by atomic mass is 9.97. The summed E-state index contributed by atoms with van der Waals surface area (Å²) in [6.07, 6.45) is 0. The van der Waals surface area contributed by atoms with Gasteiger partial charge in [0.2, 0.25) is 0 Å². The normalized spacial score (nSPS) is 11.6. The number of nitrogens with zero attached hydrogens (tertiary/aromatic N) is 1. The van der Waals surface area contributed by atoms with Crippen LogP contribution in [0.15, 0.2) is 192 Å². The Labute approximate surface area is 290 Å². The van der Waals surface area contributed by atoms with E-state index in [1.54, 1.807) is 0 Å². The number of hydrogen-bond acceptors (Lipinski definition) is 2. The zero-order valence-corrected chi connectivity index (χ0v) is 27.3. The summed E-state index contributed by atoms with van der Waals surface area (Å²) in [5.41, 5.74) is 9.96. The Kier molecular flexibility index (Phi) is 6.53. The monoisotopic (exact) mass is 637 g/mol. The van der Waals surface area contributed by atoms with Gasteiger partial charge in [0.05, 0.1) is 5.69 Å². The van der Waals surface area contributed by atoms with Gasteiger partial charge in [0, 0.05) is 32.9 Å². The number of para-hydroxylation sites is 1. The molecule has 10 rings (SSSR count). The van der Waals surface area contributed by atoms with Gasteiger partial charge in [-0.15, -0.1) is 0 Å². The van der Waals surface area contributed by atoms with Gasteiger partial charge in [-0.25, -0.2) is 0 Å². The van der Waals surface area contributed by atoms with Gasteiger partial charge in [-0.1, -0.05) is 133 Å². The number of hydrogen-bond donors (Lipinski definition) is 0. The Balaban J connectivity index is 1.12. The number of furan rings is 1. The third-order valence-corrected chi connectivity index (χ3v) is 10.0. The molecule has 0 N–H and O–H groups in total. The summed E-state index contributed by atoms with van der Waals surface area (Å²) in [7, 11) is 0. The van der Waals surface area contributed by atoms with Crippen molar-refractivity contribution >= 4 is 71.3 Å². The van der Waals surface area contributed by atoms with E-state index in [2.05, 4.69) is 181 Å². The van der Waals surface area contributed by atoms with Crippen LogP contribution in [0.4, 0.5) is 17.1 Å². The van der Waals surface area contributed by atoms with Gasteiger partial charge < -0.3 is 9.32 Å². The Morgan fingerprint density at radius 1 is 0.320 bits per heavy atom. The topological polar surface area (TPSA) is 16.4 Å². The quantitative estimate of drug-likeness (QED) is 0.175. The first-order valence-corrected chi connectivity index (χ1v) is 17.1. The molecule has 0 spiro atoms. The second-order valence-corrected chi connectivity index (χ2v) is 12.9. The first-order valence-electron chi connectivity index (χ1n) is 17.1. The van der Waals surface area contributed by atoms with Gasteiger partial charge in [-0.05, 0) is 98.4 Å². The molecule has 2 heteroatoms. The maximum atomic E-state index is 6.33. The fourth-order valence-corrected chi connectivity index (χ4v) is 7.60. The highest BCUT2D eigenvalue weighted by atomic mass is 16.3. The molecule has 0 aliphatic heterocycles. The first kappa shape index (κ1) is 28.4. The van der Waals surface area contributed by atoms with Gasteiger partial charge >= 0.3 is 0 Å². The van der Waals surface area contributed by atoms with Gasteiger partial charge in [0.1, 0.15) is 11.2 Å². The Morgan fingerprint density at radius 3 is 1.80 bits per heavy atom. The van der Waals surface area contributed by atoms with Crippen molar-refractivity contribution in [3.05, 3.63) is 188 Å². The van der Waals surface area contributed by atoms with Crippen LogP contribution in [0.3, 0.4) is 0 Å². The fourth-order valence-electron chi connectivity index (χ4n) is 7.60. The van der Waals surface area contributed by atoms with Crippen molar-refractivity contribution in [2.45, 2.75) is 0 Å². The molecule has 1 aromatic heterocycles. The molecule has 0 bridgehead atoms. The minimum atomic E-state index is 0.924. The lowest BCUT2D eigenvalue weighted by Gasteiger charge is -2.28. The summed E-state index contributed by atoms with van der Waals surface area (Å²) < 4.78 is 6.33. The van der Waals surface area contributed by atoms with Crippen molar-refractivity contribution in [1.82, 2.24) is 0 Å². The molecule has 0 aliphatic rings. The summed E-state index contributed by atoms with van der Waals surface area (Å²) in [6, 6.07) is 67.6. The largest absolute Gasteiger partial charge is 0.455 e. The fraction of sp³-hybridized carbons (Fsp3) is 0. The summed E-state index contributed by atoms with van der Waals surface area (Å²) in [4.78, 5) is 2.41. The summed E-state index contributed by atoms with van der Waals surface area (Å²) in [5, 5.41) is 9.55. The van der Waals surface area contributed by atoms with Crippen molar-refractivity contribution in [3.63, 3.8) is 0 Å². The standard InChI is InChI=1S/C48H31NO/c1-2-11-32(12-3-1)34-14-10-15-39(30-34)49(46-31-36-13-4-5-16-40(36)42-17-6-7-18-43(42)46)38-25-21-33(22-26-38)35-23-27-41-37(29-35)24-28-45-44-19-8-9-20-47(44)50-48(41)45/h1-31H. The molecule has 0 fully saturated rings. The third kappa shape index (κ3) is 4.65. The zero-order valence-electron chi connectivity index (χ0n) is 27.3. The van der Waals surface area contributed by atoms with Gasteiger partial charge in [0.15, 0.2) is 0 Å². The summed E-state index contributed by atoms with van der Waals surface area (Å²) in [6.45, 7) is 0. The van der Waals surface area contributed by atoms with Crippen LogP contribution < -0.4 is 4.90 Å². The van der Waals surface area contributed by atoms with E-state index in [0.29, 0.717) is 0 Å². The second-order valence-electron chi connectivity index (χ2n) is 12.9. The van der Waals surface area contributed by atoms with Crippen LogP contribution in [0.1, 0.15) is 0 Å². The minimum absolute atomic E-state index is 0.924. The highest BCUT2D eigenvalue weighted by molar-refractivity contribution is 6.16. The number of fused-ring (bicyclic) bond motifs is 8. The van der Waals surface area contributed by atoms with Crippen LogP contribution in [-0.4, -0.2) is 0 Å². The molecule has 234 valence electrons. The SMILES string of the molecule is c1ccc(-c2cccc(N(c3ccc(-c4ccc5c(ccc6c7ccccc7oc56)c4)cc3)c3cc4ccccc4c4ccccc34)c2)cc1.